The highest BCUT2D eigenvalue weighted by Gasteiger charge is 2.18. The molecular weight excluding hydrogens is 302 g/mol. The molecule has 0 spiro atoms. The normalized spacial score (nSPS) is 12.6. The molecule has 0 bridgehead atoms. The first-order valence-corrected chi connectivity index (χ1v) is 8.96. The van der Waals surface area contributed by atoms with Crippen molar-refractivity contribution in [1.29, 1.82) is 0 Å². The van der Waals surface area contributed by atoms with E-state index in [2.05, 4.69) is 28.3 Å². The van der Waals surface area contributed by atoms with E-state index in [-0.39, 0.29) is 11.2 Å². The maximum Gasteiger partial charge on any atom is 0.233 e. The molecule has 0 saturated carbocycles. The van der Waals surface area contributed by atoms with Crippen molar-refractivity contribution in [3.05, 3.63) is 16.8 Å². The lowest BCUT2D eigenvalue weighted by Crippen LogP contribution is -2.31. The van der Waals surface area contributed by atoms with Crippen molar-refractivity contribution in [1.82, 2.24) is 15.3 Å². The molecule has 114 valence electrons. The Kier molecular flexibility index (Phi) is 5.58. The lowest BCUT2D eigenvalue weighted by Gasteiger charge is -2.11. The van der Waals surface area contributed by atoms with E-state index in [9.17, 15) is 4.79 Å². The van der Waals surface area contributed by atoms with Crippen LogP contribution in [0, 0.1) is 6.92 Å². The lowest BCUT2D eigenvalue weighted by molar-refractivity contribution is -0.120. The summed E-state index contributed by atoms with van der Waals surface area (Å²) in [5.74, 6) is 0.827. The number of amides is 1. The Balaban J connectivity index is 2.24. The number of aromatic nitrogens is 2. The predicted octanol–water partition coefficient (Wildman–Crippen LogP) is 3.57. The molecule has 0 aliphatic rings. The van der Waals surface area contributed by atoms with Crippen LogP contribution in [0.2, 0.25) is 0 Å². The Morgan fingerprint density at radius 1 is 1.43 bits per heavy atom. The zero-order chi connectivity index (χ0) is 15.4. The van der Waals surface area contributed by atoms with Crippen molar-refractivity contribution in [2.24, 2.45) is 0 Å². The van der Waals surface area contributed by atoms with E-state index >= 15 is 0 Å². The summed E-state index contributed by atoms with van der Waals surface area (Å²) < 4.78 is 0. The van der Waals surface area contributed by atoms with E-state index < -0.39 is 0 Å². The number of rotatable bonds is 6. The largest absolute Gasteiger partial charge is 0.355 e. The van der Waals surface area contributed by atoms with Crippen molar-refractivity contribution in [3.63, 3.8) is 0 Å². The molecule has 2 aromatic heterocycles. The van der Waals surface area contributed by atoms with E-state index in [0.29, 0.717) is 0 Å². The Hall–Kier alpha value is -1.14. The van der Waals surface area contributed by atoms with Gasteiger partial charge in [0.25, 0.3) is 0 Å². The number of thioether (sulfide) groups is 1. The van der Waals surface area contributed by atoms with Gasteiger partial charge in [-0.3, -0.25) is 4.79 Å². The van der Waals surface area contributed by atoms with Crippen LogP contribution in [0.1, 0.15) is 37.9 Å². The van der Waals surface area contributed by atoms with Gasteiger partial charge in [0, 0.05) is 16.8 Å². The van der Waals surface area contributed by atoms with Crippen LogP contribution in [-0.4, -0.2) is 27.7 Å². The van der Waals surface area contributed by atoms with Gasteiger partial charge in [0.2, 0.25) is 5.91 Å². The van der Waals surface area contributed by atoms with Gasteiger partial charge in [-0.05, 0) is 32.8 Å². The summed E-state index contributed by atoms with van der Waals surface area (Å²) in [6.07, 6.45) is 1.95. The van der Waals surface area contributed by atoms with Crippen molar-refractivity contribution in [2.45, 2.75) is 50.8 Å². The Bertz CT molecular complexity index is 639. The van der Waals surface area contributed by atoms with Crippen LogP contribution in [-0.2, 0) is 11.2 Å². The molecule has 0 saturated heterocycles. The average Bonchev–Trinajstić information content (AvgIpc) is 2.87. The van der Waals surface area contributed by atoms with Gasteiger partial charge >= 0.3 is 0 Å². The minimum absolute atomic E-state index is 0.0669. The van der Waals surface area contributed by atoms with Crippen LogP contribution in [0.4, 0.5) is 0 Å². The highest BCUT2D eigenvalue weighted by molar-refractivity contribution is 8.00. The van der Waals surface area contributed by atoms with Crippen LogP contribution in [0.15, 0.2) is 11.1 Å². The molecule has 1 N–H and O–H groups in total. The van der Waals surface area contributed by atoms with E-state index in [1.165, 1.54) is 16.6 Å². The second-order valence-corrected chi connectivity index (χ2v) is 7.36. The second kappa shape index (κ2) is 7.22. The quantitative estimate of drug-likeness (QED) is 0.652. The molecule has 0 aromatic carbocycles. The molecule has 2 heterocycles. The highest BCUT2D eigenvalue weighted by atomic mass is 32.2. The van der Waals surface area contributed by atoms with Crippen LogP contribution in [0.3, 0.4) is 0 Å². The predicted molar refractivity (Wildman–Crippen MR) is 90.1 cm³/mol. The van der Waals surface area contributed by atoms with Crippen LogP contribution < -0.4 is 5.32 Å². The summed E-state index contributed by atoms with van der Waals surface area (Å²) >= 11 is 3.22. The van der Waals surface area contributed by atoms with Gasteiger partial charge in [-0.15, -0.1) is 11.3 Å². The molecule has 21 heavy (non-hydrogen) atoms. The summed E-state index contributed by atoms with van der Waals surface area (Å²) in [6, 6.07) is 2.15. The van der Waals surface area contributed by atoms with Gasteiger partial charge in [0.05, 0.1) is 5.25 Å². The van der Waals surface area contributed by atoms with E-state index in [1.54, 1.807) is 11.3 Å². The summed E-state index contributed by atoms with van der Waals surface area (Å²) in [6.45, 7) is 8.73. The van der Waals surface area contributed by atoms with E-state index in [1.807, 2.05) is 20.8 Å². The molecular formula is C15H21N3OS2. The zero-order valence-corrected chi connectivity index (χ0v) is 14.5. The fraction of sp³-hybridized carbons (Fsp3) is 0.533. The minimum Gasteiger partial charge on any atom is -0.355 e. The van der Waals surface area contributed by atoms with Crippen molar-refractivity contribution in [2.75, 3.05) is 6.54 Å². The lowest BCUT2D eigenvalue weighted by atomic mass is 10.3. The SMILES string of the molecule is CCCNC(=O)C(C)Sc1nc(C)nc2sc(CC)cc12. The maximum absolute atomic E-state index is 12.0. The third-order valence-corrected chi connectivity index (χ3v) is 5.35. The summed E-state index contributed by atoms with van der Waals surface area (Å²) in [5, 5.41) is 4.76. The Labute approximate surface area is 133 Å². The molecule has 1 unspecified atom stereocenters. The monoisotopic (exact) mass is 323 g/mol. The maximum atomic E-state index is 12.0. The molecule has 4 nitrogen and oxygen atoms in total. The minimum atomic E-state index is -0.154. The van der Waals surface area contributed by atoms with Gasteiger partial charge in [0.1, 0.15) is 15.7 Å². The summed E-state index contributed by atoms with van der Waals surface area (Å²) in [4.78, 5) is 23.4. The van der Waals surface area contributed by atoms with E-state index in [0.717, 1.165) is 40.5 Å². The number of carbonyl (C=O) groups is 1. The van der Waals surface area contributed by atoms with Crippen molar-refractivity contribution in [3.8, 4) is 0 Å². The van der Waals surface area contributed by atoms with E-state index in [4.69, 9.17) is 0 Å². The van der Waals surface area contributed by atoms with Crippen LogP contribution >= 0.6 is 23.1 Å². The van der Waals surface area contributed by atoms with Gasteiger partial charge in [0.15, 0.2) is 0 Å². The number of carbonyl (C=O) groups excluding carboxylic acids is 1. The Morgan fingerprint density at radius 2 is 2.19 bits per heavy atom. The number of thiophene rings is 1. The average molecular weight is 323 g/mol. The first-order chi connectivity index (χ1) is 10.0. The number of aryl methyl sites for hydroxylation is 2. The molecule has 1 atom stereocenters. The van der Waals surface area contributed by atoms with Gasteiger partial charge in [-0.2, -0.15) is 0 Å². The topological polar surface area (TPSA) is 54.9 Å². The first-order valence-electron chi connectivity index (χ1n) is 7.26. The fourth-order valence-electron chi connectivity index (χ4n) is 1.92. The number of nitrogens with one attached hydrogen (secondary N) is 1. The first kappa shape index (κ1) is 16.2. The smallest absolute Gasteiger partial charge is 0.233 e. The number of hydrogen-bond acceptors (Lipinski definition) is 5. The number of nitrogens with zero attached hydrogens (tertiary/aromatic N) is 2. The summed E-state index contributed by atoms with van der Waals surface area (Å²) in [7, 11) is 0. The number of hydrogen-bond donors (Lipinski definition) is 1. The fourth-order valence-corrected chi connectivity index (χ4v) is 3.99. The molecule has 6 heteroatoms. The van der Waals surface area contributed by atoms with Crippen LogP contribution in [0.25, 0.3) is 10.2 Å². The standard InChI is InChI=1S/C15H21N3OS2/c1-5-7-16-13(19)9(3)20-14-12-8-11(6-2)21-15(12)18-10(4)17-14/h8-9H,5-7H2,1-4H3,(H,16,19). The van der Waals surface area contributed by atoms with Gasteiger partial charge in [-0.1, -0.05) is 25.6 Å². The highest BCUT2D eigenvalue weighted by Crippen LogP contribution is 2.33. The third-order valence-electron chi connectivity index (χ3n) is 3.08. The second-order valence-electron chi connectivity index (χ2n) is 4.91. The molecule has 0 aliphatic heterocycles. The van der Waals surface area contributed by atoms with Gasteiger partial charge < -0.3 is 5.32 Å². The molecule has 0 fully saturated rings. The molecule has 0 radical (unpaired) electrons. The van der Waals surface area contributed by atoms with Crippen molar-refractivity contribution < 1.29 is 4.79 Å². The van der Waals surface area contributed by atoms with Crippen LogP contribution in [0.5, 0.6) is 0 Å². The molecule has 2 rings (SSSR count). The summed E-state index contributed by atoms with van der Waals surface area (Å²) in [5.41, 5.74) is 0. The van der Waals surface area contributed by atoms with Crippen molar-refractivity contribution >= 4 is 39.2 Å². The molecule has 0 aliphatic carbocycles. The Morgan fingerprint density at radius 3 is 2.86 bits per heavy atom. The number of fused-ring (bicyclic) bond motifs is 1. The molecule has 2 aromatic rings. The van der Waals surface area contributed by atoms with Gasteiger partial charge in [-0.25, -0.2) is 9.97 Å². The molecule has 1 amide bonds. The zero-order valence-electron chi connectivity index (χ0n) is 12.9. The third kappa shape index (κ3) is 3.95.